The van der Waals surface area contributed by atoms with Crippen LogP contribution in [-0.4, -0.2) is 50.9 Å². The molecule has 4 N–H and O–H groups in total. The van der Waals surface area contributed by atoms with Crippen molar-refractivity contribution < 1.29 is 24.5 Å². The van der Waals surface area contributed by atoms with E-state index >= 15 is 0 Å². The smallest absolute Gasteiger partial charge is 0.337 e. The van der Waals surface area contributed by atoms with Gasteiger partial charge in [0.25, 0.3) is 0 Å². The Morgan fingerprint density at radius 2 is 1.89 bits per heavy atom. The molecule has 8 nitrogen and oxygen atoms in total. The highest BCUT2D eigenvalue weighted by atomic mass is 16.5. The minimum absolute atomic E-state index is 0.189. The number of rotatable bonds is 12. The third-order valence-corrected chi connectivity index (χ3v) is 6.11. The van der Waals surface area contributed by atoms with Gasteiger partial charge in [0.15, 0.2) is 0 Å². The number of pyridine rings is 1. The Hall–Kier alpha value is -3.88. The molecule has 0 aliphatic carbocycles. The second-order valence-corrected chi connectivity index (χ2v) is 9.65. The molecular formula is C29H33N3O5. The van der Waals surface area contributed by atoms with Crippen LogP contribution >= 0.6 is 0 Å². The number of aromatic amines is 1. The first-order chi connectivity index (χ1) is 17.7. The number of carboxylic acids is 1. The van der Waals surface area contributed by atoms with Gasteiger partial charge < -0.3 is 30.0 Å². The normalized spacial score (nSPS) is 12.4. The van der Waals surface area contributed by atoms with E-state index in [1.54, 1.807) is 6.07 Å². The van der Waals surface area contributed by atoms with Crippen LogP contribution in [0, 0.1) is 0 Å². The summed E-state index contributed by atoms with van der Waals surface area (Å²) in [6.07, 6.45) is 2.46. The van der Waals surface area contributed by atoms with E-state index in [0.717, 1.165) is 28.6 Å². The monoisotopic (exact) mass is 503 g/mol. The zero-order valence-corrected chi connectivity index (χ0v) is 21.3. The van der Waals surface area contributed by atoms with Crippen molar-refractivity contribution in [1.29, 1.82) is 0 Å². The summed E-state index contributed by atoms with van der Waals surface area (Å²) in [6.45, 7) is 6.63. The van der Waals surface area contributed by atoms with Crippen LogP contribution < -0.4 is 14.8 Å². The molecule has 0 amide bonds. The van der Waals surface area contributed by atoms with Crippen molar-refractivity contribution in [3.63, 3.8) is 0 Å². The molecular weight excluding hydrogens is 470 g/mol. The number of β-amino-alcohol motifs (C(OH)–C–C–N with tert-alkyl or cyclic N) is 1. The van der Waals surface area contributed by atoms with E-state index in [9.17, 15) is 15.0 Å². The molecule has 0 bridgehead atoms. The largest absolute Gasteiger partial charge is 0.490 e. The predicted octanol–water partition coefficient (Wildman–Crippen LogP) is 4.97. The van der Waals surface area contributed by atoms with E-state index < -0.39 is 12.1 Å². The topological polar surface area (TPSA) is 117 Å². The van der Waals surface area contributed by atoms with Crippen molar-refractivity contribution in [2.75, 3.05) is 13.2 Å². The van der Waals surface area contributed by atoms with Gasteiger partial charge in [-0.1, -0.05) is 25.1 Å². The molecule has 0 spiro atoms. The third kappa shape index (κ3) is 6.87. The number of aromatic nitrogens is 2. The molecule has 0 saturated heterocycles. The van der Waals surface area contributed by atoms with Crippen LogP contribution in [0.2, 0.25) is 0 Å². The molecule has 37 heavy (non-hydrogen) atoms. The standard InChI is InChI=1S/C29H33N3O5/c1-4-24-23(28(34)35)12-13-27(32-24)37-21-10-8-19(9-11-21)16-29(2,3)31-17-20(33)18-36-26-7-5-6-25-22(26)14-15-30-25/h5-15,20,30-31,33H,4,16-18H2,1-3H3,(H,34,35)/t20-/m0/s1. The molecule has 4 rings (SSSR count). The van der Waals surface area contributed by atoms with Gasteiger partial charge in [-0.15, -0.1) is 0 Å². The zero-order chi connectivity index (χ0) is 26.4. The summed E-state index contributed by atoms with van der Waals surface area (Å²) >= 11 is 0. The molecule has 0 aliphatic heterocycles. The first-order valence-electron chi connectivity index (χ1n) is 12.4. The van der Waals surface area contributed by atoms with Crippen LogP contribution in [-0.2, 0) is 12.8 Å². The third-order valence-electron chi connectivity index (χ3n) is 6.11. The van der Waals surface area contributed by atoms with E-state index in [4.69, 9.17) is 9.47 Å². The Balaban J connectivity index is 1.27. The Morgan fingerprint density at radius 3 is 2.62 bits per heavy atom. The first-order valence-corrected chi connectivity index (χ1v) is 12.4. The number of nitrogens with one attached hydrogen (secondary N) is 2. The maximum absolute atomic E-state index is 11.3. The molecule has 194 valence electrons. The predicted molar refractivity (Wildman–Crippen MR) is 143 cm³/mol. The number of fused-ring (bicyclic) bond motifs is 1. The van der Waals surface area contributed by atoms with Crippen molar-refractivity contribution in [3.05, 3.63) is 83.7 Å². The number of carboxylic acid groups (broad SMARTS) is 1. The minimum Gasteiger partial charge on any atom is -0.490 e. The minimum atomic E-state index is -0.995. The number of carbonyl (C=O) groups is 1. The van der Waals surface area contributed by atoms with Gasteiger partial charge in [0.2, 0.25) is 5.88 Å². The fourth-order valence-electron chi connectivity index (χ4n) is 4.19. The number of hydrogen-bond donors (Lipinski definition) is 4. The van der Waals surface area contributed by atoms with Crippen molar-refractivity contribution in [1.82, 2.24) is 15.3 Å². The van der Waals surface area contributed by atoms with Crippen LogP contribution in [0.3, 0.4) is 0 Å². The maximum Gasteiger partial charge on any atom is 0.337 e. The van der Waals surface area contributed by atoms with Gasteiger partial charge >= 0.3 is 5.97 Å². The summed E-state index contributed by atoms with van der Waals surface area (Å²) in [4.78, 5) is 18.8. The average molecular weight is 504 g/mol. The van der Waals surface area contributed by atoms with E-state index in [1.165, 1.54) is 6.07 Å². The number of benzene rings is 2. The summed E-state index contributed by atoms with van der Waals surface area (Å²) in [5, 5.41) is 24.2. The van der Waals surface area contributed by atoms with Crippen molar-refractivity contribution in [3.8, 4) is 17.4 Å². The van der Waals surface area contributed by atoms with E-state index in [1.807, 2.05) is 61.7 Å². The van der Waals surface area contributed by atoms with Crippen LogP contribution in [0.25, 0.3) is 10.9 Å². The number of hydrogen-bond acceptors (Lipinski definition) is 6. The number of aryl methyl sites for hydroxylation is 1. The highest BCUT2D eigenvalue weighted by molar-refractivity contribution is 5.89. The van der Waals surface area contributed by atoms with Crippen molar-refractivity contribution in [2.24, 2.45) is 0 Å². The number of aromatic carboxylic acids is 1. The van der Waals surface area contributed by atoms with Gasteiger partial charge in [-0.05, 0) is 68.7 Å². The van der Waals surface area contributed by atoms with Gasteiger partial charge in [-0.3, -0.25) is 0 Å². The number of ether oxygens (including phenoxy) is 2. The highest BCUT2D eigenvalue weighted by Crippen LogP contribution is 2.25. The molecule has 2 aromatic heterocycles. The van der Waals surface area contributed by atoms with Crippen molar-refractivity contribution in [2.45, 2.75) is 45.3 Å². The van der Waals surface area contributed by atoms with E-state index in [0.29, 0.717) is 30.3 Å². The summed E-state index contributed by atoms with van der Waals surface area (Å²) in [7, 11) is 0. The Morgan fingerprint density at radius 1 is 1.11 bits per heavy atom. The van der Waals surface area contributed by atoms with Gasteiger partial charge in [-0.2, -0.15) is 0 Å². The lowest BCUT2D eigenvalue weighted by molar-refractivity contribution is 0.0695. The summed E-state index contributed by atoms with van der Waals surface area (Å²) in [5.74, 6) is 0.738. The van der Waals surface area contributed by atoms with E-state index in [-0.39, 0.29) is 17.7 Å². The molecule has 2 aromatic carbocycles. The van der Waals surface area contributed by atoms with Crippen LogP contribution in [0.5, 0.6) is 17.4 Å². The Bertz CT molecular complexity index is 1350. The zero-order valence-electron chi connectivity index (χ0n) is 21.3. The average Bonchev–Trinajstić information content (AvgIpc) is 3.37. The van der Waals surface area contributed by atoms with Crippen molar-refractivity contribution >= 4 is 16.9 Å². The number of aliphatic hydroxyl groups excluding tert-OH is 1. The summed E-state index contributed by atoms with van der Waals surface area (Å²) in [5.41, 5.74) is 2.53. The van der Waals surface area contributed by atoms with Gasteiger partial charge in [-0.25, -0.2) is 9.78 Å². The lowest BCUT2D eigenvalue weighted by Gasteiger charge is -2.28. The fourth-order valence-corrected chi connectivity index (χ4v) is 4.19. The SMILES string of the molecule is CCc1nc(Oc2ccc(CC(C)(C)NC[C@H](O)COc3cccc4[nH]ccc34)cc2)ccc1C(=O)O. The van der Waals surface area contributed by atoms with Crippen LogP contribution in [0.15, 0.2) is 66.9 Å². The number of aliphatic hydroxyl groups is 1. The first kappa shape index (κ1) is 26.2. The lowest BCUT2D eigenvalue weighted by atomic mass is 9.94. The molecule has 0 aliphatic rings. The second-order valence-electron chi connectivity index (χ2n) is 9.65. The van der Waals surface area contributed by atoms with E-state index in [2.05, 4.69) is 29.1 Å². The lowest BCUT2D eigenvalue weighted by Crippen LogP contribution is -2.46. The molecule has 0 saturated carbocycles. The highest BCUT2D eigenvalue weighted by Gasteiger charge is 2.20. The second kappa shape index (κ2) is 11.5. The molecule has 4 aromatic rings. The molecule has 0 fully saturated rings. The molecule has 2 heterocycles. The Kier molecular flexibility index (Phi) is 8.11. The van der Waals surface area contributed by atoms with Gasteiger partial charge in [0.1, 0.15) is 24.2 Å². The fraction of sp³-hybridized carbons (Fsp3) is 0.310. The number of H-pyrrole nitrogens is 1. The Labute approximate surface area is 216 Å². The molecule has 1 atom stereocenters. The van der Waals surface area contributed by atoms with Crippen LogP contribution in [0.1, 0.15) is 42.4 Å². The molecule has 8 heteroatoms. The van der Waals surface area contributed by atoms with Crippen LogP contribution in [0.4, 0.5) is 0 Å². The summed E-state index contributed by atoms with van der Waals surface area (Å²) < 4.78 is 11.7. The maximum atomic E-state index is 11.3. The molecule has 0 radical (unpaired) electrons. The van der Waals surface area contributed by atoms with Gasteiger partial charge in [0, 0.05) is 35.2 Å². The molecule has 0 unspecified atom stereocenters. The quantitative estimate of drug-likeness (QED) is 0.216. The summed E-state index contributed by atoms with van der Waals surface area (Å²) in [6, 6.07) is 18.6. The number of nitrogens with zero attached hydrogens (tertiary/aromatic N) is 1. The van der Waals surface area contributed by atoms with Gasteiger partial charge in [0.05, 0.1) is 11.3 Å².